The molecule has 0 amide bonds. The third-order valence-electron chi connectivity index (χ3n) is 4.88. The lowest BCUT2D eigenvalue weighted by Gasteiger charge is -2.36. The molecule has 0 bridgehead atoms. The van der Waals surface area contributed by atoms with Gasteiger partial charge in [0.25, 0.3) is 0 Å². The summed E-state index contributed by atoms with van der Waals surface area (Å²) in [6.45, 7) is 5.18. The maximum Gasteiger partial charge on any atom is 0.173 e. The first-order valence-electron chi connectivity index (χ1n) is 8.73. The van der Waals surface area contributed by atoms with E-state index < -0.39 is 0 Å². The fraction of sp³-hybridized carbons (Fsp3) is 0.471. The largest absolute Gasteiger partial charge is 0.293 e. The Kier molecular flexibility index (Phi) is 4.51. The fourth-order valence-electron chi connectivity index (χ4n) is 3.56. The van der Waals surface area contributed by atoms with E-state index in [-0.39, 0.29) is 6.04 Å². The Balaban J connectivity index is 1.49. The third-order valence-corrected chi connectivity index (χ3v) is 4.88. The second-order valence-electron chi connectivity index (χ2n) is 6.59. The Morgan fingerprint density at radius 3 is 2.88 bits per heavy atom. The van der Waals surface area contributed by atoms with Gasteiger partial charge < -0.3 is 0 Å². The highest BCUT2D eigenvalue weighted by Gasteiger charge is 2.28. The number of benzene rings is 1. The highest BCUT2D eigenvalue weighted by atomic mass is 15.6. The van der Waals surface area contributed by atoms with Gasteiger partial charge >= 0.3 is 0 Å². The Hall–Kier alpha value is -2.61. The molecule has 1 aliphatic heterocycles. The summed E-state index contributed by atoms with van der Waals surface area (Å²) in [4.78, 5) is 2.47. The van der Waals surface area contributed by atoms with Crippen molar-refractivity contribution in [2.24, 2.45) is 5.92 Å². The van der Waals surface area contributed by atoms with E-state index in [9.17, 15) is 0 Å². The van der Waals surface area contributed by atoms with Crippen molar-refractivity contribution in [1.29, 1.82) is 0 Å². The van der Waals surface area contributed by atoms with Crippen LogP contribution in [0.15, 0.2) is 42.7 Å². The Morgan fingerprint density at radius 1 is 1.20 bits per heavy atom. The monoisotopic (exact) mass is 338 g/mol. The van der Waals surface area contributed by atoms with Crippen LogP contribution in [-0.2, 0) is 6.54 Å². The molecule has 0 aliphatic carbocycles. The first kappa shape index (κ1) is 15.9. The minimum atomic E-state index is 0.161. The number of para-hydroxylation sites is 1. The van der Waals surface area contributed by atoms with E-state index in [0.29, 0.717) is 5.92 Å². The van der Waals surface area contributed by atoms with Gasteiger partial charge in [0.05, 0.1) is 17.9 Å². The number of rotatable bonds is 5. The Morgan fingerprint density at radius 2 is 2.08 bits per heavy atom. The van der Waals surface area contributed by atoms with Crippen molar-refractivity contribution in [3.05, 3.63) is 48.5 Å². The SMILES string of the molecule is C[C@H](c1nnnn1-c1ccccc1)N1CCC[C@H](Cn2ccnn2)C1. The molecular formula is C17H22N8. The maximum absolute atomic E-state index is 4.30. The summed E-state index contributed by atoms with van der Waals surface area (Å²) in [5.74, 6) is 1.45. The maximum atomic E-state index is 4.30. The quantitative estimate of drug-likeness (QED) is 0.705. The number of aromatic nitrogens is 7. The van der Waals surface area contributed by atoms with E-state index in [4.69, 9.17) is 0 Å². The molecule has 8 nitrogen and oxygen atoms in total. The number of likely N-dealkylation sites (tertiary alicyclic amines) is 1. The van der Waals surface area contributed by atoms with Crippen molar-refractivity contribution in [3.8, 4) is 5.69 Å². The van der Waals surface area contributed by atoms with Crippen molar-refractivity contribution in [1.82, 2.24) is 40.1 Å². The van der Waals surface area contributed by atoms with Gasteiger partial charge in [-0.3, -0.25) is 9.58 Å². The summed E-state index contributed by atoms with van der Waals surface area (Å²) >= 11 is 0. The van der Waals surface area contributed by atoms with E-state index in [0.717, 1.165) is 31.1 Å². The number of tetrazole rings is 1. The summed E-state index contributed by atoms with van der Waals surface area (Å²) in [7, 11) is 0. The summed E-state index contributed by atoms with van der Waals surface area (Å²) in [5, 5.41) is 20.4. The molecule has 3 heterocycles. The second kappa shape index (κ2) is 7.10. The van der Waals surface area contributed by atoms with Gasteiger partial charge in [-0.15, -0.1) is 10.2 Å². The molecular weight excluding hydrogens is 316 g/mol. The second-order valence-corrected chi connectivity index (χ2v) is 6.59. The first-order valence-corrected chi connectivity index (χ1v) is 8.73. The van der Waals surface area contributed by atoms with Crippen molar-refractivity contribution in [2.75, 3.05) is 13.1 Å². The van der Waals surface area contributed by atoms with Crippen LogP contribution in [0, 0.1) is 5.92 Å². The third kappa shape index (κ3) is 3.43. The summed E-state index contributed by atoms with van der Waals surface area (Å²) in [6.07, 6.45) is 6.05. The molecule has 1 fully saturated rings. The van der Waals surface area contributed by atoms with Gasteiger partial charge in [-0.2, -0.15) is 4.68 Å². The Bertz CT molecular complexity index is 782. The predicted molar refractivity (Wildman–Crippen MR) is 91.9 cm³/mol. The van der Waals surface area contributed by atoms with E-state index >= 15 is 0 Å². The highest BCUT2D eigenvalue weighted by Crippen LogP contribution is 2.27. The van der Waals surface area contributed by atoms with Crippen molar-refractivity contribution < 1.29 is 0 Å². The number of hydrogen-bond donors (Lipinski definition) is 0. The zero-order chi connectivity index (χ0) is 17.1. The van der Waals surface area contributed by atoms with Gasteiger partial charge in [-0.05, 0) is 54.8 Å². The van der Waals surface area contributed by atoms with Crippen LogP contribution in [0.1, 0.15) is 31.6 Å². The molecule has 0 saturated carbocycles. The van der Waals surface area contributed by atoms with Crippen LogP contribution < -0.4 is 0 Å². The standard InChI is InChI=1S/C17H22N8/c1-14(17-19-20-22-25(17)16-7-3-2-4-8-16)23-10-5-6-15(12-23)13-24-11-9-18-21-24/h2-4,7-9,11,14-15H,5-6,10,12-13H2,1H3/t14-,15+/m1/s1. The van der Waals surface area contributed by atoms with Gasteiger partial charge in [-0.1, -0.05) is 23.4 Å². The first-order chi connectivity index (χ1) is 12.3. The lowest BCUT2D eigenvalue weighted by atomic mass is 9.96. The molecule has 0 unspecified atom stereocenters. The molecule has 4 rings (SSSR count). The molecule has 130 valence electrons. The van der Waals surface area contributed by atoms with Crippen LogP contribution in [0.3, 0.4) is 0 Å². The zero-order valence-electron chi connectivity index (χ0n) is 14.3. The van der Waals surface area contributed by atoms with Gasteiger partial charge in [0.2, 0.25) is 0 Å². The van der Waals surface area contributed by atoms with Crippen LogP contribution in [0.2, 0.25) is 0 Å². The number of piperidine rings is 1. The smallest absolute Gasteiger partial charge is 0.173 e. The molecule has 0 spiro atoms. The van der Waals surface area contributed by atoms with Crippen molar-refractivity contribution >= 4 is 0 Å². The molecule has 3 aromatic rings. The average Bonchev–Trinajstić information content (AvgIpc) is 3.34. The molecule has 1 aliphatic rings. The van der Waals surface area contributed by atoms with Gasteiger partial charge in [0.1, 0.15) is 0 Å². The van der Waals surface area contributed by atoms with Crippen LogP contribution >= 0.6 is 0 Å². The number of hydrogen-bond acceptors (Lipinski definition) is 6. The predicted octanol–water partition coefficient (Wildman–Crippen LogP) is 1.73. The van der Waals surface area contributed by atoms with E-state index in [2.05, 4.69) is 37.7 Å². The lowest BCUT2D eigenvalue weighted by Crippen LogP contribution is -2.39. The lowest BCUT2D eigenvalue weighted by molar-refractivity contribution is 0.115. The molecule has 0 N–H and O–H groups in total. The Labute approximate surface area is 146 Å². The zero-order valence-corrected chi connectivity index (χ0v) is 14.3. The van der Waals surface area contributed by atoms with E-state index in [1.165, 1.54) is 12.8 Å². The molecule has 1 aromatic carbocycles. The van der Waals surface area contributed by atoms with Crippen LogP contribution in [0.25, 0.3) is 5.69 Å². The minimum Gasteiger partial charge on any atom is -0.293 e. The highest BCUT2D eigenvalue weighted by molar-refractivity contribution is 5.30. The molecule has 2 atom stereocenters. The van der Waals surface area contributed by atoms with Crippen LogP contribution in [0.4, 0.5) is 0 Å². The fourth-order valence-corrected chi connectivity index (χ4v) is 3.56. The van der Waals surface area contributed by atoms with Crippen molar-refractivity contribution in [2.45, 2.75) is 32.4 Å². The minimum absolute atomic E-state index is 0.161. The van der Waals surface area contributed by atoms with E-state index in [1.54, 1.807) is 6.20 Å². The summed E-state index contributed by atoms with van der Waals surface area (Å²) in [5.41, 5.74) is 0.991. The molecule has 0 radical (unpaired) electrons. The topological polar surface area (TPSA) is 77.5 Å². The van der Waals surface area contributed by atoms with Crippen LogP contribution in [-0.4, -0.2) is 53.2 Å². The molecule has 1 saturated heterocycles. The van der Waals surface area contributed by atoms with E-state index in [1.807, 2.05) is 45.9 Å². The van der Waals surface area contributed by atoms with Gasteiger partial charge in [0, 0.05) is 19.3 Å². The van der Waals surface area contributed by atoms with Gasteiger partial charge in [-0.25, -0.2) is 0 Å². The normalized spacial score (nSPS) is 19.8. The van der Waals surface area contributed by atoms with Gasteiger partial charge in [0.15, 0.2) is 5.82 Å². The summed E-state index contributed by atoms with van der Waals surface area (Å²) < 4.78 is 3.76. The van der Waals surface area contributed by atoms with Crippen molar-refractivity contribution in [3.63, 3.8) is 0 Å². The molecule has 8 heteroatoms. The average molecular weight is 338 g/mol. The number of nitrogens with zero attached hydrogens (tertiary/aromatic N) is 8. The molecule has 2 aromatic heterocycles. The summed E-state index contributed by atoms with van der Waals surface area (Å²) in [6, 6.07) is 10.2. The molecule has 25 heavy (non-hydrogen) atoms. The van der Waals surface area contributed by atoms with Crippen LogP contribution in [0.5, 0.6) is 0 Å².